The summed E-state index contributed by atoms with van der Waals surface area (Å²) in [4.78, 5) is 2.47. The molecule has 0 radical (unpaired) electrons. The molecule has 4 nitrogen and oxygen atoms in total. The van der Waals surface area contributed by atoms with E-state index in [2.05, 4.69) is 43.1 Å². The highest BCUT2D eigenvalue weighted by Crippen LogP contribution is 2.44. The Balaban J connectivity index is 2.04. The van der Waals surface area contributed by atoms with Crippen LogP contribution in [0.5, 0.6) is 11.5 Å². The van der Waals surface area contributed by atoms with Crippen LogP contribution in [-0.4, -0.2) is 31.8 Å². The van der Waals surface area contributed by atoms with E-state index in [1.54, 1.807) is 0 Å². The molecule has 2 aliphatic heterocycles. The molecule has 0 fully saturated rings. The lowest BCUT2D eigenvalue weighted by molar-refractivity contribution is 0.171. The number of hydrogen-bond donors (Lipinski definition) is 1. The van der Waals surface area contributed by atoms with Crippen LogP contribution in [0.15, 0.2) is 12.1 Å². The summed E-state index contributed by atoms with van der Waals surface area (Å²) >= 11 is 0. The SMILES string of the molecule is CCCN1c2cc3c(cc2NCC1(C)C)OCCO3. The van der Waals surface area contributed by atoms with Crippen LogP contribution >= 0.6 is 0 Å². The van der Waals surface area contributed by atoms with Gasteiger partial charge in [0.2, 0.25) is 0 Å². The highest BCUT2D eigenvalue weighted by molar-refractivity contribution is 5.78. The number of fused-ring (bicyclic) bond motifs is 2. The number of hydrogen-bond acceptors (Lipinski definition) is 4. The minimum Gasteiger partial charge on any atom is -0.486 e. The van der Waals surface area contributed by atoms with Gasteiger partial charge < -0.3 is 19.7 Å². The average Bonchev–Trinajstić information content (AvgIpc) is 2.40. The van der Waals surface area contributed by atoms with Gasteiger partial charge in [0.15, 0.2) is 11.5 Å². The minimum absolute atomic E-state index is 0.118. The number of anilines is 2. The van der Waals surface area contributed by atoms with E-state index in [0.717, 1.165) is 36.7 Å². The van der Waals surface area contributed by atoms with E-state index in [1.807, 2.05) is 0 Å². The van der Waals surface area contributed by atoms with Gasteiger partial charge in [0, 0.05) is 25.2 Å². The van der Waals surface area contributed by atoms with Crippen molar-refractivity contribution >= 4 is 11.4 Å². The van der Waals surface area contributed by atoms with E-state index in [9.17, 15) is 0 Å². The monoisotopic (exact) mass is 262 g/mol. The van der Waals surface area contributed by atoms with E-state index in [0.29, 0.717) is 13.2 Å². The van der Waals surface area contributed by atoms with Gasteiger partial charge in [-0.15, -0.1) is 0 Å². The lowest BCUT2D eigenvalue weighted by Gasteiger charge is -2.46. The van der Waals surface area contributed by atoms with Crippen LogP contribution in [-0.2, 0) is 0 Å². The molecule has 0 bridgehead atoms. The summed E-state index contributed by atoms with van der Waals surface area (Å²) in [5, 5.41) is 3.51. The van der Waals surface area contributed by atoms with E-state index < -0.39 is 0 Å². The number of ether oxygens (including phenoxy) is 2. The molecule has 0 aliphatic carbocycles. The Labute approximate surface area is 114 Å². The molecule has 104 valence electrons. The molecule has 0 saturated carbocycles. The van der Waals surface area contributed by atoms with Gasteiger partial charge in [-0.05, 0) is 20.3 Å². The molecule has 0 atom stereocenters. The van der Waals surface area contributed by atoms with Gasteiger partial charge in [0.1, 0.15) is 13.2 Å². The number of nitrogens with one attached hydrogen (secondary N) is 1. The van der Waals surface area contributed by atoms with Crippen molar-refractivity contribution < 1.29 is 9.47 Å². The van der Waals surface area contributed by atoms with Crippen molar-refractivity contribution in [3.05, 3.63) is 12.1 Å². The van der Waals surface area contributed by atoms with E-state index in [1.165, 1.54) is 5.69 Å². The maximum absolute atomic E-state index is 5.70. The van der Waals surface area contributed by atoms with E-state index >= 15 is 0 Å². The summed E-state index contributed by atoms with van der Waals surface area (Å²) in [6.45, 7) is 10.0. The first kappa shape index (κ1) is 12.5. The molecule has 1 aromatic rings. The fourth-order valence-electron chi connectivity index (χ4n) is 2.82. The summed E-state index contributed by atoms with van der Waals surface area (Å²) in [6, 6.07) is 4.19. The molecule has 0 aromatic heterocycles. The predicted molar refractivity (Wildman–Crippen MR) is 77.6 cm³/mol. The van der Waals surface area contributed by atoms with Gasteiger partial charge in [-0.2, -0.15) is 0 Å². The van der Waals surface area contributed by atoms with Gasteiger partial charge in [-0.3, -0.25) is 0 Å². The maximum Gasteiger partial charge on any atom is 0.163 e. The van der Waals surface area contributed by atoms with Crippen LogP contribution < -0.4 is 19.7 Å². The second kappa shape index (κ2) is 4.51. The minimum atomic E-state index is 0.118. The predicted octanol–water partition coefficient (Wildman–Crippen LogP) is 2.88. The normalized spacial score (nSPS) is 19.6. The van der Waals surface area contributed by atoms with Crippen LogP contribution in [0.2, 0.25) is 0 Å². The molecule has 2 aliphatic rings. The van der Waals surface area contributed by atoms with Crippen LogP contribution in [0.25, 0.3) is 0 Å². The van der Waals surface area contributed by atoms with Crippen LogP contribution in [0.4, 0.5) is 11.4 Å². The summed E-state index contributed by atoms with van der Waals surface area (Å²) in [5.41, 5.74) is 2.49. The van der Waals surface area contributed by atoms with Gasteiger partial charge in [0.25, 0.3) is 0 Å². The third-order valence-corrected chi connectivity index (χ3v) is 3.84. The summed E-state index contributed by atoms with van der Waals surface area (Å²) in [6.07, 6.45) is 1.14. The fourth-order valence-corrected chi connectivity index (χ4v) is 2.82. The Kier molecular flexibility index (Phi) is 2.96. The largest absolute Gasteiger partial charge is 0.486 e. The number of benzene rings is 1. The van der Waals surface area contributed by atoms with E-state index in [-0.39, 0.29) is 5.54 Å². The quantitative estimate of drug-likeness (QED) is 0.888. The molecular formula is C15H22N2O2. The van der Waals surface area contributed by atoms with Crippen molar-refractivity contribution in [1.82, 2.24) is 0 Å². The van der Waals surface area contributed by atoms with Crippen molar-refractivity contribution in [3.63, 3.8) is 0 Å². The zero-order chi connectivity index (χ0) is 13.5. The molecule has 2 heterocycles. The molecule has 0 amide bonds. The van der Waals surface area contributed by atoms with Gasteiger partial charge >= 0.3 is 0 Å². The molecule has 19 heavy (non-hydrogen) atoms. The molecular weight excluding hydrogens is 240 g/mol. The van der Waals surface area contributed by atoms with Crippen LogP contribution in [0.1, 0.15) is 27.2 Å². The highest BCUT2D eigenvalue weighted by Gasteiger charge is 2.33. The Morgan fingerprint density at radius 1 is 1.21 bits per heavy atom. The third kappa shape index (κ3) is 2.09. The number of nitrogens with zero attached hydrogens (tertiary/aromatic N) is 1. The molecule has 4 heteroatoms. The van der Waals surface area contributed by atoms with Crippen molar-refractivity contribution in [3.8, 4) is 11.5 Å². The summed E-state index contributed by atoms with van der Waals surface area (Å²) in [7, 11) is 0. The van der Waals surface area contributed by atoms with Crippen molar-refractivity contribution in [1.29, 1.82) is 0 Å². The topological polar surface area (TPSA) is 33.7 Å². The zero-order valence-electron chi connectivity index (χ0n) is 12.0. The second-order valence-electron chi connectivity index (χ2n) is 5.83. The zero-order valence-corrected chi connectivity index (χ0v) is 12.0. The second-order valence-corrected chi connectivity index (χ2v) is 5.83. The first-order valence-electron chi connectivity index (χ1n) is 7.07. The summed E-state index contributed by atoms with van der Waals surface area (Å²) in [5.74, 6) is 1.72. The third-order valence-electron chi connectivity index (χ3n) is 3.84. The van der Waals surface area contributed by atoms with E-state index in [4.69, 9.17) is 9.47 Å². The Morgan fingerprint density at radius 3 is 2.58 bits per heavy atom. The van der Waals surface area contributed by atoms with Gasteiger partial charge in [0.05, 0.1) is 16.9 Å². The standard InChI is InChI=1S/C15H22N2O2/c1-4-5-17-12-9-14-13(18-6-7-19-14)8-11(12)16-10-15(17,2)3/h8-9,16H,4-7,10H2,1-3H3. The Hall–Kier alpha value is -1.58. The highest BCUT2D eigenvalue weighted by atomic mass is 16.6. The summed E-state index contributed by atoms with van der Waals surface area (Å²) < 4.78 is 11.4. The molecule has 0 unspecified atom stereocenters. The van der Waals surface area contributed by atoms with Crippen molar-refractivity contribution in [2.24, 2.45) is 0 Å². The lowest BCUT2D eigenvalue weighted by atomic mass is 9.97. The first-order chi connectivity index (χ1) is 9.12. The van der Waals surface area contributed by atoms with Crippen molar-refractivity contribution in [2.75, 3.05) is 36.5 Å². The van der Waals surface area contributed by atoms with Crippen LogP contribution in [0, 0.1) is 0 Å². The molecule has 3 rings (SSSR count). The maximum atomic E-state index is 5.70. The smallest absolute Gasteiger partial charge is 0.163 e. The van der Waals surface area contributed by atoms with Gasteiger partial charge in [-0.25, -0.2) is 0 Å². The molecule has 0 spiro atoms. The van der Waals surface area contributed by atoms with Gasteiger partial charge in [-0.1, -0.05) is 6.92 Å². The lowest BCUT2D eigenvalue weighted by Crippen LogP contribution is -2.52. The number of rotatable bonds is 2. The fraction of sp³-hybridized carbons (Fsp3) is 0.600. The first-order valence-corrected chi connectivity index (χ1v) is 7.07. The average molecular weight is 262 g/mol. The Morgan fingerprint density at radius 2 is 1.89 bits per heavy atom. The molecule has 0 saturated heterocycles. The van der Waals surface area contributed by atoms with Crippen LogP contribution in [0.3, 0.4) is 0 Å². The van der Waals surface area contributed by atoms with Crippen molar-refractivity contribution in [2.45, 2.75) is 32.7 Å². The Bertz CT molecular complexity index is 485. The molecule has 1 N–H and O–H groups in total. The molecule has 1 aromatic carbocycles.